The lowest BCUT2D eigenvalue weighted by Gasteiger charge is -2.13. The van der Waals surface area contributed by atoms with Gasteiger partial charge in [-0.2, -0.15) is 0 Å². The van der Waals surface area contributed by atoms with Crippen LogP contribution in [0.3, 0.4) is 0 Å². The Kier molecular flexibility index (Phi) is 5.04. The van der Waals surface area contributed by atoms with E-state index in [0.717, 1.165) is 6.07 Å². The van der Waals surface area contributed by atoms with Gasteiger partial charge in [-0.15, -0.1) is 0 Å². The molecule has 0 amide bonds. The molecule has 1 rings (SSSR count). The summed E-state index contributed by atoms with van der Waals surface area (Å²) in [6.07, 6.45) is 0.289. The molecule has 0 aliphatic heterocycles. The zero-order chi connectivity index (χ0) is 14.6. The van der Waals surface area contributed by atoms with E-state index in [4.69, 9.17) is 10.2 Å². The lowest BCUT2D eigenvalue weighted by Crippen LogP contribution is -2.33. The zero-order valence-electron chi connectivity index (χ0n) is 10.8. The molecule has 1 aromatic carbocycles. The van der Waals surface area contributed by atoms with E-state index < -0.39 is 22.0 Å². The average Bonchev–Trinajstić information content (AvgIpc) is 2.28. The van der Waals surface area contributed by atoms with Crippen LogP contribution < -0.4 is 4.72 Å². The maximum absolute atomic E-state index is 12.0. The normalized spacial score (nSPS) is 13.2. The van der Waals surface area contributed by atoms with Gasteiger partial charge in [-0.1, -0.05) is 6.07 Å². The van der Waals surface area contributed by atoms with E-state index in [1.54, 1.807) is 13.8 Å². The first-order valence-corrected chi connectivity index (χ1v) is 7.23. The summed E-state index contributed by atoms with van der Waals surface area (Å²) in [7, 11) is -3.78. The van der Waals surface area contributed by atoms with Gasteiger partial charge in [0, 0.05) is 12.6 Å². The molecular formula is C12H17NO5S. The molecule has 7 heteroatoms. The Balaban J connectivity index is 3.08. The second-order valence-corrected chi connectivity index (χ2v) is 6.03. The molecule has 19 heavy (non-hydrogen) atoms. The molecule has 0 aromatic heterocycles. The molecule has 6 nitrogen and oxygen atoms in total. The Bertz CT molecular complexity index is 567. The zero-order valence-corrected chi connectivity index (χ0v) is 11.6. The van der Waals surface area contributed by atoms with Gasteiger partial charge < -0.3 is 10.2 Å². The minimum atomic E-state index is -3.78. The Labute approximate surface area is 112 Å². The summed E-state index contributed by atoms with van der Waals surface area (Å²) in [5, 5.41) is 17.7. The van der Waals surface area contributed by atoms with Gasteiger partial charge in [0.05, 0.1) is 10.5 Å². The molecule has 1 atom stereocenters. The molecule has 0 aliphatic carbocycles. The van der Waals surface area contributed by atoms with E-state index in [1.165, 1.54) is 12.1 Å². The monoisotopic (exact) mass is 287 g/mol. The molecule has 0 heterocycles. The van der Waals surface area contributed by atoms with Crippen LogP contribution in [-0.2, 0) is 10.0 Å². The summed E-state index contributed by atoms with van der Waals surface area (Å²) in [6, 6.07) is 3.51. The van der Waals surface area contributed by atoms with Crippen molar-refractivity contribution in [2.75, 3.05) is 6.61 Å². The number of carboxylic acids is 1. The third-order valence-corrected chi connectivity index (χ3v) is 4.26. The molecular weight excluding hydrogens is 270 g/mol. The number of carboxylic acid groups (broad SMARTS) is 1. The Hall–Kier alpha value is -1.44. The molecule has 0 saturated carbocycles. The van der Waals surface area contributed by atoms with Crippen molar-refractivity contribution in [1.29, 1.82) is 0 Å². The third kappa shape index (κ3) is 4.02. The number of aryl methyl sites for hydroxylation is 1. The quantitative estimate of drug-likeness (QED) is 0.716. The predicted octanol–water partition coefficient (Wildman–Crippen LogP) is 0.742. The van der Waals surface area contributed by atoms with E-state index in [1.807, 2.05) is 0 Å². The maximum Gasteiger partial charge on any atom is 0.335 e. The predicted molar refractivity (Wildman–Crippen MR) is 69.6 cm³/mol. The second kappa shape index (κ2) is 6.14. The number of nitrogens with one attached hydrogen (secondary N) is 1. The van der Waals surface area contributed by atoms with Crippen molar-refractivity contribution in [2.45, 2.75) is 31.2 Å². The highest BCUT2D eigenvalue weighted by atomic mass is 32.2. The Morgan fingerprint density at radius 2 is 2.05 bits per heavy atom. The van der Waals surface area contributed by atoms with Crippen molar-refractivity contribution in [3.05, 3.63) is 29.3 Å². The van der Waals surface area contributed by atoms with Crippen LogP contribution in [0.1, 0.15) is 29.3 Å². The highest BCUT2D eigenvalue weighted by molar-refractivity contribution is 7.89. The maximum atomic E-state index is 12.0. The number of rotatable bonds is 6. The van der Waals surface area contributed by atoms with Crippen molar-refractivity contribution < 1.29 is 23.4 Å². The van der Waals surface area contributed by atoms with Crippen LogP contribution >= 0.6 is 0 Å². The Morgan fingerprint density at radius 3 is 2.58 bits per heavy atom. The fraction of sp³-hybridized carbons (Fsp3) is 0.417. The summed E-state index contributed by atoms with van der Waals surface area (Å²) in [5.41, 5.74) is 0.451. The molecule has 1 aromatic rings. The average molecular weight is 287 g/mol. The van der Waals surface area contributed by atoms with Crippen molar-refractivity contribution in [3.63, 3.8) is 0 Å². The number of aliphatic hydroxyl groups excluding tert-OH is 1. The van der Waals surface area contributed by atoms with Gasteiger partial charge in [-0.25, -0.2) is 17.9 Å². The number of aliphatic hydroxyl groups is 1. The minimum Gasteiger partial charge on any atom is -0.478 e. The second-order valence-electron chi connectivity index (χ2n) is 4.32. The van der Waals surface area contributed by atoms with Crippen molar-refractivity contribution in [3.8, 4) is 0 Å². The molecule has 0 aliphatic rings. The molecule has 106 valence electrons. The van der Waals surface area contributed by atoms with Gasteiger partial charge in [0.1, 0.15) is 0 Å². The van der Waals surface area contributed by atoms with Crippen LogP contribution in [-0.4, -0.2) is 37.2 Å². The molecule has 0 spiro atoms. The summed E-state index contributed by atoms with van der Waals surface area (Å²) < 4.78 is 26.4. The van der Waals surface area contributed by atoms with E-state index >= 15 is 0 Å². The molecule has 0 radical (unpaired) electrons. The van der Waals surface area contributed by atoms with Gasteiger partial charge in [0.15, 0.2) is 0 Å². The SMILES string of the molecule is Cc1ccc(S(=O)(=O)NC(C)CCO)cc1C(=O)O. The van der Waals surface area contributed by atoms with Gasteiger partial charge in [0.25, 0.3) is 0 Å². The minimum absolute atomic E-state index is 0.0438. The van der Waals surface area contributed by atoms with Crippen molar-refractivity contribution in [1.82, 2.24) is 4.72 Å². The number of carbonyl (C=O) groups is 1. The highest BCUT2D eigenvalue weighted by Crippen LogP contribution is 2.16. The lowest BCUT2D eigenvalue weighted by molar-refractivity contribution is 0.0696. The molecule has 0 saturated heterocycles. The van der Waals surface area contributed by atoms with Crippen LogP contribution in [0.2, 0.25) is 0 Å². The molecule has 1 unspecified atom stereocenters. The summed E-state index contributed by atoms with van der Waals surface area (Å²) in [5.74, 6) is -1.17. The van der Waals surface area contributed by atoms with E-state index in [9.17, 15) is 13.2 Å². The fourth-order valence-electron chi connectivity index (χ4n) is 1.58. The first-order chi connectivity index (χ1) is 8.77. The van der Waals surface area contributed by atoms with Gasteiger partial charge in [-0.3, -0.25) is 0 Å². The molecule has 3 N–H and O–H groups in total. The van der Waals surface area contributed by atoms with Crippen LogP contribution in [0.5, 0.6) is 0 Å². The summed E-state index contributed by atoms with van der Waals surface area (Å²) >= 11 is 0. The summed E-state index contributed by atoms with van der Waals surface area (Å²) in [4.78, 5) is 10.9. The topological polar surface area (TPSA) is 104 Å². The number of aromatic carboxylic acids is 1. The van der Waals surface area contributed by atoms with Crippen LogP contribution in [0.25, 0.3) is 0 Å². The van der Waals surface area contributed by atoms with E-state index in [-0.39, 0.29) is 23.5 Å². The van der Waals surface area contributed by atoms with Gasteiger partial charge >= 0.3 is 5.97 Å². The van der Waals surface area contributed by atoms with Crippen LogP contribution in [0.15, 0.2) is 23.1 Å². The number of hydrogen-bond donors (Lipinski definition) is 3. The third-order valence-electron chi connectivity index (χ3n) is 2.67. The largest absolute Gasteiger partial charge is 0.478 e. The van der Waals surface area contributed by atoms with Crippen LogP contribution in [0.4, 0.5) is 0 Å². The van der Waals surface area contributed by atoms with Crippen LogP contribution in [0, 0.1) is 6.92 Å². The number of hydrogen-bond acceptors (Lipinski definition) is 4. The van der Waals surface area contributed by atoms with E-state index in [0.29, 0.717) is 5.56 Å². The Morgan fingerprint density at radius 1 is 1.42 bits per heavy atom. The smallest absolute Gasteiger partial charge is 0.335 e. The number of benzene rings is 1. The highest BCUT2D eigenvalue weighted by Gasteiger charge is 2.19. The van der Waals surface area contributed by atoms with Crippen molar-refractivity contribution in [2.24, 2.45) is 0 Å². The molecule has 0 bridgehead atoms. The standard InChI is InChI=1S/C12H17NO5S/c1-8-3-4-10(7-11(8)12(15)16)19(17,18)13-9(2)5-6-14/h3-4,7,9,13-14H,5-6H2,1-2H3,(H,15,16). The van der Waals surface area contributed by atoms with E-state index in [2.05, 4.69) is 4.72 Å². The first-order valence-electron chi connectivity index (χ1n) is 5.75. The fourth-order valence-corrected chi connectivity index (χ4v) is 2.89. The molecule has 0 fully saturated rings. The lowest BCUT2D eigenvalue weighted by atomic mass is 10.1. The summed E-state index contributed by atoms with van der Waals surface area (Å²) in [6.45, 7) is 3.10. The van der Waals surface area contributed by atoms with Gasteiger partial charge in [-0.05, 0) is 38.0 Å². The van der Waals surface area contributed by atoms with Gasteiger partial charge in [0.2, 0.25) is 10.0 Å². The first kappa shape index (κ1) is 15.6. The number of sulfonamides is 1. The van der Waals surface area contributed by atoms with Crippen molar-refractivity contribution >= 4 is 16.0 Å².